The van der Waals surface area contributed by atoms with Gasteiger partial charge in [-0.2, -0.15) is 11.8 Å². The van der Waals surface area contributed by atoms with Crippen molar-refractivity contribution in [2.75, 3.05) is 39.5 Å². The predicted octanol–water partition coefficient (Wildman–Crippen LogP) is 1.57. The monoisotopic (exact) mass is 401 g/mol. The Kier molecular flexibility index (Phi) is 8.80. The summed E-state index contributed by atoms with van der Waals surface area (Å²) in [5, 5.41) is 3.21. The number of guanidine groups is 1. The van der Waals surface area contributed by atoms with Crippen LogP contribution in [0.1, 0.15) is 20.3 Å². The van der Waals surface area contributed by atoms with Gasteiger partial charge >= 0.3 is 5.97 Å². The van der Waals surface area contributed by atoms with Gasteiger partial charge in [-0.25, -0.2) is 0 Å². The van der Waals surface area contributed by atoms with Gasteiger partial charge in [0.25, 0.3) is 0 Å². The molecule has 19 heavy (non-hydrogen) atoms. The maximum atomic E-state index is 11.0. The second-order valence-electron chi connectivity index (χ2n) is 4.83. The molecule has 1 aliphatic rings. The molecule has 112 valence electrons. The number of carbonyl (C=O) groups excluding carboxylic acids is 1. The summed E-state index contributed by atoms with van der Waals surface area (Å²) < 4.78 is 4.86. The number of nitrogens with one attached hydrogen (secondary N) is 1. The van der Waals surface area contributed by atoms with Gasteiger partial charge in [-0.05, 0) is 13.8 Å². The third-order valence-electron chi connectivity index (χ3n) is 2.78. The Morgan fingerprint density at radius 2 is 2.21 bits per heavy atom. The Balaban J connectivity index is 0.00000324. The standard InChI is InChI=1S/C12H23N3O2S.HI/c1-12(2)9-15(7-8-18-12)11(13-3)14-6-5-10(16)17-4;/h5-9H2,1-4H3,(H,13,14);1H. The van der Waals surface area contributed by atoms with E-state index in [1.807, 2.05) is 11.8 Å². The SMILES string of the molecule is CN=C(NCCC(=O)OC)N1CCSC(C)(C)C1.I. The molecule has 0 aromatic rings. The van der Waals surface area contributed by atoms with Crippen molar-refractivity contribution < 1.29 is 9.53 Å². The molecule has 1 heterocycles. The second kappa shape index (κ2) is 8.89. The number of halogens is 1. The molecule has 0 aromatic heterocycles. The van der Waals surface area contributed by atoms with Crippen LogP contribution in [0.15, 0.2) is 4.99 Å². The highest BCUT2D eigenvalue weighted by molar-refractivity contribution is 14.0. The first-order chi connectivity index (χ1) is 8.48. The van der Waals surface area contributed by atoms with Crippen LogP contribution in [0.4, 0.5) is 0 Å². The lowest BCUT2D eigenvalue weighted by Gasteiger charge is -2.39. The number of carbonyl (C=O) groups is 1. The van der Waals surface area contributed by atoms with Crippen molar-refractivity contribution in [2.24, 2.45) is 4.99 Å². The first kappa shape index (κ1) is 18.8. The molecular weight excluding hydrogens is 377 g/mol. The summed E-state index contributed by atoms with van der Waals surface area (Å²) >= 11 is 1.99. The second-order valence-corrected chi connectivity index (χ2v) is 6.63. The molecule has 0 radical (unpaired) electrons. The molecule has 0 spiro atoms. The largest absolute Gasteiger partial charge is 0.469 e. The van der Waals surface area contributed by atoms with Gasteiger partial charge in [0.05, 0.1) is 13.5 Å². The summed E-state index contributed by atoms with van der Waals surface area (Å²) in [6, 6.07) is 0. The van der Waals surface area contributed by atoms with Gasteiger partial charge in [0.2, 0.25) is 0 Å². The lowest BCUT2D eigenvalue weighted by atomic mass is 10.2. The van der Waals surface area contributed by atoms with E-state index < -0.39 is 0 Å². The van der Waals surface area contributed by atoms with Crippen molar-refractivity contribution in [1.29, 1.82) is 0 Å². The van der Waals surface area contributed by atoms with Crippen molar-refractivity contribution in [3.05, 3.63) is 0 Å². The van der Waals surface area contributed by atoms with Gasteiger partial charge in [-0.3, -0.25) is 9.79 Å². The number of ether oxygens (including phenoxy) is 1. The van der Waals surface area contributed by atoms with Crippen molar-refractivity contribution in [3.8, 4) is 0 Å². The molecule has 1 N–H and O–H groups in total. The van der Waals surface area contributed by atoms with E-state index in [1.165, 1.54) is 7.11 Å². The molecule has 5 nitrogen and oxygen atoms in total. The molecule has 1 aliphatic heterocycles. The predicted molar refractivity (Wildman–Crippen MR) is 91.5 cm³/mol. The van der Waals surface area contributed by atoms with Crippen LogP contribution >= 0.6 is 35.7 Å². The highest BCUT2D eigenvalue weighted by atomic mass is 127. The highest BCUT2D eigenvalue weighted by Crippen LogP contribution is 2.29. The number of hydrogen-bond donors (Lipinski definition) is 1. The maximum Gasteiger partial charge on any atom is 0.307 e. The van der Waals surface area contributed by atoms with Crippen LogP contribution in [0, 0.1) is 0 Å². The molecule has 1 fully saturated rings. The lowest BCUT2D eigenvalue weighted by Crippen LogP contribution is -2.51. The minimum Gasteiger partial charge on any atom is -0.469 e. The van der Waals surface area contributed by atoms with E-state index in [4.69, 9.17) is 0 Å². The molecule has 1 rings (SSSR count). The summed E-state index contributed by atoms with van der Waals surface area (Å²) in [5.41, 5.74) is 0. The summed E-state index contributed by atoms with van der Waals surface area (Å²) in [6.45, 7) is 7.00. The molecule has 0 saturated carbocycles. The maximum absolute atomic E-state index is 11.0. The molecule has 0 atom stereocenters. The number of rotatable bonds is 3. The van der Waals surface area contributed by atoms with Gasteiger partial charge < -0.3 is 15.0 Å². The third-order valence-corrected chi connectivity index (χ3v) is 4.07. The Labute approximate surface area is 136 Å². The minimum atomic E-state index is -0.201. The highest BCUT2D eigenvalue weighted by Gasteiger charge is 2.28. The van der Waals surface area contributed by atoms with E-state index in [-0.39, 0.29) is 34.7 Å². The van der Waals surface area contributed by atoms with Crippen LogP contribution in [0.25, 0.3) is 0 Å². The van der Waals surface area contributed by atoms with Crippen LogP contribution in [-0.2, 0) is 9.53 Å². The van der Waals surface area contributed by atoms with Crippen molar-refractivity contribution in [1.82, 2.24) is 10.2 Å². The third kappa shape index (κ3) is 6.69. The van der Waals surface area contributed by atoms with Crippen molar-refractivity contribution >= 4 is 47.7 Å². The number of methoxy groups -OCH3 is 1. The van der Waals surface area contributed by atoms with E-state index in [2.05, 4.69) is 33.8 Å². The molecule has 0 aliphatic carbocycles. The Hall–Kier alpha value is -0.180. The number of hydrogen-bond acceptors (Lipinski definition) is 4. The van der Waals surface area contributed by atoms with Gasteiger partial charge in [0.1, 0.15) is 0 Å². The fraction of sp³-hybridized carbons (Fsp3) is 0.833. The van der Waals surface area contributed by atoms with Crippen LogP contribution in [0.5, 0.6) is 0 Å². The number of aliphatic imine (C=N–C) groups is 1. The molecule has 0 bridgehead atoms. The summed E-state index contributed by atoms with van der Waals surface area (Å²) in [4.78, 5) is 17.6. The zero-order chi connectivity index (χ0) is 13.6. The van der Waals surface area contributed by atoms with Gasteiger partial charge in [-0.1, -0.05) is 0 Å². The smallest absolute Gasteiger partial charge is 0.307 e. The fourth-order valence-electron chi connectivity index (χ4n) is 1.91. The van der Waals surface area contributed by atoms with E-state index in [9.17, 15) is 4.79 Å². The summed E-state index contributed by atoms with van der Waals surface area (Å²) in [7, 11) is 3.18. The number of thioether (sulfide) groups is 1. The van der Waals surface area contributed by atoms with E-state index >= 15 is 0 Å². The van der Waals surface area contributed by atoms with Crippen molar-refractivity contribution in [2.45, 2.75) is 25.0 Å². The quantitative estimate of drug-likeness (QED) is 0.337. The van der Waals surface area contributed by atoms with E-state index in [0.717, 1.165) is 24.8 Å². The average molecular weight is 401 g/mol. The van der Waals surface area contributed by atoms with Gasteiger partial charge in [0, 0.05) is 37.2 Å². The first-order valence-electron chi connectivity index (χ1n) is 6.15. The molecule has 0 amide bonds. The molecule has 1 saturated heterocycles. The van der Waals surface area contributed by atoms with Gasteiger partial charge in [-0.15, -0.1) is 24.0 Å². The topological polar surface area (TPSA) is 53.9 Å². The average Bonchev–Trinajstić information content (AvgIpc) is 2.33. The Bertz CT molecular complexity index is 324. The Morgan fingerprint density at radius 1 is 1.53 bits per heavy atom. The Morgan fingerprint density at radius 3 is 2.74 bits per heavy atom. The zero-order valence-corrected chi connectivity index (χ0v) is 15.2. The zero-order valence-electron chi connectivity index (χ0n) is 12.1. The summed E-state index contributed by atoms with van der Waals surface area (Å²) in [5.74, 6) is 1.77. The van der Waals surface area contributed by atoms with Crippen LogP contribution in [0.2, 0.25) is 0 Å². The summed E-state index contributed by atoms with van der Waals surface area (Å²) in [6.07, 6.45) is 0.363. The van der Waals surface area contributed by atoms with Crippen molar-refractivity contribution in [3.63, 3.8) is 0 Å². The molecule has 7 heteroatoms. The first-order valence-corrected chi connectivity index (χ1v) is 7.13. The number of esters is 1. The van der Waals surface area contributed by atoms with E-state index in [0.29, 0.717) is 13.0 Å². The van der Waals surface area contributed by atoms with Crippen LogP contribution in [-0.4, -0.2) is 61.1 Å². The van der Waals surface area contributed by atoms with Gasteiger partial charge in [0.15, 0.2) is 5.96 Å². The molecular formula is C12H24IN3O2S. The van der Waals surface area contributed by atoms with E-state index in [1.54, 1.807) is 7.05 Å². The number of nitrogens with zero attached hydrogens (tertiary/aromatic N) is 2. The lowest BCUT2D eigenvalue weighted by molar-refractivity contribution is -0.140. The van der Waals surface area contributed by atoms with Crippen LogP contribution < -0.4 is 5.32 Å². The normalized spacial score (nSPS) is 18.5. The molecule has 0 unspecified atom stereocenters. The molecule has 0 aromatic carbocycles. The fourth-order valence-corrected chi connectivity index (χ4v) is 3.02. The van der Waals surface area contributed by atoms with Crippen LogP contribution in [0.3, 0.4) is 0 Å². The minimum absolute atomic E-state index is 0.